The van der Waals surface area contributed by atoms with Crippen LogP contribution in [0.4, 0.5) is 0 Å². The highest BCUT2D eigenvalue weighted by Crippen LogP contribution is 2.16. The van der Waals surface area contributed by atoms with E-state index in [0.717, 1.165) is 128 Å². The molecule has 0 radical (unpaired) electrons. The summed E-state index contributed by atoms with van der Waals surface area (Å²) in [6.45, 7) is 6.37. The lowest BCUT2D eigenvalue weighted by molar-refractivity contribution is -0.167. The van der Waals surface area contributed by atoms with E-state index in [9.17, 15) is 14.4 Å². The molecule has 0 spiro atoms. The number of ether oxygens (including phenoxy) is 3. The van der Waals surface area contributed by atoms with Gasteiger partial charge < -0.3 is 14.2 Å². The molecule has 0 aromatic carbocycles. The highest BCUT2D eigenvalue weighted by molar-refractivity contribution is 5.71. The molecule has 0 fully saturated rings. The van der Waals surface area contributed by atoms with Crippen molar-refractivity contribution in [2.75, 3.05) is 13.2 Å². The molecule has 0 amide bonds. The molecule has 1 unspecified atom stereocenters. The monoisotopic (exact) mass is 1120 g/mol. The average molecular weight is 1120 g/mol. The predicted octanol–water partition coefficient (Wildman–Crippen LogP) is 23.3. The Kier molecular flexibility index (Phi) is 64.3. The lowest BCUT2D eigenvalue weighted by Gasteiger charge is -2.18. The van der Waals surface area contributed by atoms with Gasteiger partial charge in [-0.1, -0.05) is 289 Å². The molecule has 0 aliphatic heterocycles. The first-order valence-electron chi connectivity index (χ1n) is 33.7. The molecule has 0 heterocycles. The van der Waals surface area contributed by atoms with Crippen molar-refractivity contribution in [1.82, 2.24) is 0 Å². The van der Waals surface area contributed by atoms with Gasteiger partial charge in [0.1, 0.15) is 13.2 Å². The van der Waals surface area contributed by atoms with Crippen LogP contribution in [-0.2, 0) is 28.6 Å². The van der Waals surface area contributed by atoms with Gasteiger partial charge in [0.2, 0.25) is 0 Å². The number of hydrogen-bond donors (Lipinski definition) is 0. The second-order valence-electron chi connectivity index (χ2n) is 22.0. The zero-order chi connectivity index (χ0) is 58.5. The molecule has 1 atom stereocenters. The van der Waals surface area contributed by atoms with Gasteiger partial charge in [-0.15, -0.1) is 0 Å². The number of carbonyl (C=O) groups is 3. The fourth-order valence-corrected chi connectivity index (χ4v) is 9.15. The van der Waals surface area contributed by atoms with E-state index in [2.05, 4.69) is 154 Å². The third kappa shape index (κ3) is 66.2. The summed E-state index contributed by atoms with van der Waals surface area (Å²) in [6.07, 6.45) is 96.2. The molecule has 0 saturated heterocycles. The van der Waals surface area contributed by atoms with E-state index in [1.165, 1.54) is 128 Å². The molecule has 460 valence electrons. The Balaban J connectivity index is 4.45. The largest absolute Gasteiger partial charge is 0.462 e. The Bertz CT molecular complexity index is 1720. The molecule has 81 heavy (non-hydrogen) atoms. The fourth-order valence-electron chi connectivity index (χ4n) is 9.15. The van der Waals surface area contributed by atoms with Gasteiger partial charge in [0.15, 0.2) is 6.10 Å². The lowest BCUT2D eigenvalue weighted by atomic mass is 10.0. The van der Waals surface area contributed by atoms with E-state index in [0.29, 0.717) is 19.3 Å². The number of hydrogen-bond acceptors (Lipinski definition) is 6. The van der Waals surface area contributed by atoms with Gasteiger partial charge in [-0.25, -0.2) is 0 Å². The topological polar surface area (TPSA) is 78.9 Å². The third-order valence-electron chi connectivity index (χ3n) is 14.1. The van der Waals surface area contributed by atoms with Crippen LogP contribution in [-0.4, -0.2) is 37.2 Å². The maximum Gasteiger partial charge on any atom is 0.306 e. The summed E-state index contributed by atoms with van der Waals surface area (Å²) in [7, 11) is 0. The molecule has 0 saturated carbocycles. The Labute approximate surface area is 500 Å². The molecular weight excluding hydrogens is 997 g/mol. The van der Waals surface area contributed by atoms with Crippen molar-refractivity contribution in [3.05, 3.63) is 134 Å². The Morgan fingerprint density at radius 3 is 0.802 bits per heavy atom. The molecule has 0 aromatic rings. The standard InChI is InChI=1S/C75H124O6/c1-4-7-10-13-16-19-22-25-28-30-32-34-36-37-39-40-42-44-47-50-53-56-59-62-65-68-74(77)80-71-72(70-79-73(76)67-64-61-58-55-52-49-46-27-24-21-18-15-12-9-6-3)81-75(78)69-66-63-60-57-54-51-48-45-43-41-38-35-33-31-29-26-23-20-17-14-11-8-5-2/h8-9,11-12,17-18,20-21,26-27,29-30,32-33,35,41,43,46,48,51,57,60,72H,4-7,10,13-16,19,22-25,28,31,34,36-40,42,44-45,47,49-50,52-56,58-59,61-71H2,1-3H3/b11-8-,12-9-,20-17-,21-18-,29-26-,32-30-,35-33-,43-41-,46-27-,51-48-,60-57-. The summed E-state index contributed by atoms with van der Waals surface area (Å²) >= 11 is 0. The second-order valence-corrected chi connectivity index (χ2v) is 22.0. The molecule has 0 aromatic heterocycles. The van der Waals surface area contributed by atoms with E-state index in [1.54, 1.807) is 0 Å². The number of carbonyl (C=O) groups excluding carboxylic acids is 3. The van der Waals surface area contributed by atoms with Crippen LogP contribution >= 0.6 is 0 Å². The fraction of sp³-hybridized carbons (Fsp3) is 0.667. The van der Waals surface area contributed by atoms with Crippen molar-refractivity contribution in [1.29, 1.82) is 0 Å². The summed E-state index contributed by atoms with van der Waals surface area (Å²) < 4.78 is 16.9. The second kappa shape index (κ2) is 68.1. The average Bonchev–Trinajstić information content (AvgIpc) is 3.47. The van der Waals surface area contributed by atoms with Crippen molar-refractivity contribution >= 4 is 17.9 Å². The lowest BCUT2D eigenvalue weighted by Crippen LogP contribution is -2.30. The van der Waals surface area contributed by atoms with Gasteiger partial charge in [-0.3, -0.25) is 14.4 Å². The normalized spacial score (nSPS) is 13.0. The molecule has 6 nitrogen and oxygen atoms in total. The molecule has 6 heteroatoms. The van der Waals surface area contributed by atoms with Crippen LogP contribution in [0, 0.1) is 0 Å². The third-order valence-corrected chi connectivity index (χ3v) is 14.1. The van der Waals surface area contributed by atoms with Crippen LogP contribution in [0.2, 0.25) is 0 Å². The molecule has 0 aliphatic carbocycles. The molecular formula is C75H124O6. The maximum absolute atomic E-state index is 12.9. The van der Waals surface area contributed by atoms with Crippen molar-refractivity contribution < 1.29 is 28.6 Å². The molecule has 0 N–H and O–H groups in total. The first-order valence-corrected chi connectivity index (χ1v) is 33.7. The highest BCUT2D eigenvalue weighted by atomic mass is 16.6. The van der Waals surface area contributed by atoms with Crippen molar-refractivity contribution in [2.24, 2.45) is 0 Å². The van der Waals surface area contributed by atoms with Gasteiger partial charge in [-0.2, -0.15) is 0 Å². The van der Waals surface area contributed by atoms with Crippen LogP contribution in [0.5, 0.6) is 0 Å². The summed E-state index contributed by atoms with van der Waals surface area (Å²) in [6, 6.07) is 0. The molecule has 0 bridgehead atoms. The minimum atomic E-state index is -0.822. The predicted molar refractivity (Wildman–Crippen MR) is 353 cm³/mol. The number of unbranched alkanes of at least 4 members (excludes halogenated alkanes) is 27. The SMILES string of the molecule is CC/C=C\C/C=C\C/C=C\C/C=C\C/C=C\C/C=C\C/C=C\CCCC(=O)OC(COC(=O)CCCCCCC/C=C\C/C=C\C/C=C\CC)COC(=O)CCCCCCCCCCCCCCC/C=C\CCCCCCCCCC. The van der Waals surface area contributed by atoms with Crippen molar-refractivity contribution in [3.8, 4) is 0 Å². The number of rotatable bonds is 60. The smallest absolute Gasteiger partial charge is 0.306 e. The van der Waals surface area contributed by atoms with Crippen LogP contribution < -0.4 is 0 Å². The summed E-state index contributed by atoms with van der Waals surface area (Å²) in [4.78, 5) is 38.4. The van der Waals surface area contributed by atoms with Crippen LogP contribution in [0.15, 0.2) is 134 Å². The summed E-state index contributed by atoms with van der Waals surface area (Å²) in [5.41, 5.74) is 0. The Morgan fingerprint density at radius 1 is 0.259 bits per heavy atom. The summed E-state index contributed by atoms with van der Waals surface area (Å²) in [5.74, 6) is -0.983. The zero-order valence-electron chi connectivity index (χ0n) is 52.8. The minimum Gasteiger partial charge on any atom is -0.462 e. The van der Waals surface area contributed by atoms with Crippen LogP contribution in [0.1, 0.15) is 303 Å². The Morgan fingerprint density at radius 2 is 0.494 bits per heavy atom. The Hall–Kier alpha value is -4.45. The van der Waals surface area contributed by atoms with E-state index in [1.807, 2.05) is 0 Å². The van der Waals surface area contributed by atoms with E-state index < -0.39 is 6.10 Å². The van der Waals surface area contributed by atoms with Crippen LogP contribution in [0.25, 0.3) is 0 Å². The number of allylic oxidation sites excluding steroid dienone is 22. The number of esters is 3. The summed E-state index contributed by atoms with van der Waals surface area (Å²) in [5, 5.41) is 0. The van der Waals surface area contributed by atoms with E-state index in [-0.39, 0.29) is 37.5 Å². The van der Waals surface area contributed by atoms with Gasteiger partial charge in [-0.05, 0) is 128 Å². The quantitative estimate of drug-likeness (QED) is 0.0261. The van der Waals surface area contributed by atoms with Crippen molar-refractivity contribution in [3.63, 3.8) is 0 Å². The van der Waals surface area contributed by atoms with Gasteiger partial charge in [0.05, 0.1) is 0 Å². The molecule has 0 aliphatic rings. The highest BCUT2D eigenvalue weighted by Gasteiger charge is 2.19. The minimum absolute atomic E-state index is 0.110. The first kappa shape index (κ1) is 76.5. The van der Waals surface area contributed by atoms with E-state index >= 15 is 0 Å². The van der Waals surface area contributed by atoms with Crippen molar-refractivity contribution in [2.45, 2.75) is 309 Å². The van der Waals surface area contributed by atoms with Gasteiger partial charge in [0, 0.05) is 19.3 Å². The van der Waals surface area contributed by atoms with Gasteiger partial charge >= 0.3 is 17.9 Å². The van der Waals surface area contributed by atoms with E-state index in [4.69, 9.17) is 14.2 Å². The van der Waals surface area contributed by atoms with Gasteiger partial charge in [0.25, 0.3) is 0 Å². The molecule has 0 rings (SSSR count). The zero-order valence-corrected chi connectivity index (χ0v) is 52.8. The van der Waals surface area contributed by atoms with Crippen LogP contribution in [0.3, 0.4) is 0 Å². The maximum atomic E-state index is 12.9. The first-order chi connectivity index (χ1) is 40.0.